The van der Waals surface area contributed by atoms with Gasteiger partial charge in [0.05, 0.1) is 26.4 Å². The summed E-state index contributed by atoms with van der Waals surface area (Å²) in [6.07, 6.45) is 22.9. The normalized spacial score (nSPS) is 11.8. The summed E-state index contributed by atoms with van der Waals surface area (Å²) in [4.78, 5) is 26.0. The summed E-state index contributed by atoms with van der Waals surface area (Å²) < 4.78 is 35.5. The van der Waals surface area contributed by atoms with Crippen LogP contribution in [0.25, 0.3) is 0 Å². The highest BCUT2D eigenvalue weighted by atomic mass is 31.2. The molecule has 0 fully saturated rings. The van der Waals surface area contributed by atoms with E-state index in [1.165, 1.54) is 64.2 Å². The molecule has 0 unspecified atom stereocenters. The molecule has 0 amide bonds. The lowest BCUT2D eigenvalue weighted by Gasteiger charge is -2.20. The zero-order valence-corrected chi connectivity index (χ0v) is 30.7. The summed E-state index contributed by atoms with van der Waals surface area (Å²) in [5, 5.41) is 3.00. The first-order valence-corrected chi connectivity index (χ1v) is 20.0. The molecule has 268 valence electrons. The van der Waals surface area contributed by atoms with Gasteiger partial charge in [-0.05, 0) is 65.6 Å². The second-order valence-corrected chi connectivity index (χ2v) is 14.4. The van der Waals surface area contributed by atoms with Crippen LogP contribution in [0.1, 0.15) is 162 Å². The largest absolute Gasteiger partial charge is 0.466 e. The minimum Gasteiger partial charge on any atom is -0.466 e. The molecule has 0 aliphatic rings. The molecule has 0 saturated carbocycles. The van der Waals surface area contributed by atoms with Crippen LogP contribution in [-0.2, 0) is 32.7 Å². The smallest absolute Gasteiger partial charge is 0.405 e. The molecule has 0 rings (SSSR count). The van der Waals surface area contributed by atoms with Gasteiger partial charge >= 0.3 is 19.7 Å². The van der Waals surface area contributed by atoms with E-state index in [-0.39, 0.29) is 11.9 Å². The van der Waals surface area contributed by atoms with Crippen molar-refractivity contribution >= 4 is 19.7 Å². The zero-order chi connectivity index (χ0) is 33.3. The maximum absolute atomic E-state index is 13.3. The molecule has 45 heavy (non-hydrogen) atoms. The van der Waals surface area contributed by atoms with Crippen molar-refractivity contribution in [2.24, 2.45) is 0 Å². The van der Waals surface area contributed by atoms with Crippen LogP contribution in [0.3, 0.4) is 0 Å². The summed E-state index contributed by atoms with van der Waals surface area (Å²) in [5.74, 6) is -0.278. The minimum atomic E-state index is -3.43. The van der Waals surface area contributed by atoms with Gasteiger partial charge in [0.15, 0.2) is 0 Å². The number of nitrogens with zero attached hydrogens (tertiary/aromatic N) is 1. The molecule has 0 aromatic rings. The Labute approximate surface area is 277 Å². The summed E-state index contributed by atoms with van der Waals surface area (Å²) in [5.41, 5.74) is 0. The monoisotopic (exact) mass is 662 g/mol. The van der Waals surface area contributed by atoms with Gasteiger partial charge in [-0.15, -0.1) is 0 Å². The summed E-state index contributed by atoms with van der Waals surface area (Å²) in [6.45, 7) is 7.47. The Balaban J connectivity index is 4.06. The van der Waals surface area contributed by atoms with Crippen molar-refractivity contribution in [1.29, 1.82) is 0 Å². The van der Waals surface area contributed by atoms with Crippen LogP contribution in [-0.4, -0.2) is 70.5 Å². The van der Waals surface area contributed by atoms with E-state index in [9.17, 15) is 14.2 Å². The third-order valence-electron chi connectivity index (χ3n) is 7.68. The Morgan fingerprint density at radius 1 is 0.533 bits per heavy atom. The van der Waals surface area contributed by atoms with E-state index in [0.717, 1.165) is 64.3 Å². The van der Waals surface area contributed by atoms with E-state index in [1.54, 1.807) is 0 Å². The van der Waals surface area contributed by atoms with Crippen LogP contribution in [0.5, 0.6) is 0 Å². The van der Waals surface area contributed by atoms with Crippen molar-refractivity contribution in [2.45, 2.75) is 162 Å². The van der Waals surface area contributed by atoms with E-state index in [0.29, 0.717) is 58.7 Å². The number of esters is 2. The fraction of sp³-hybridized carbons (Fsp3) is 0.943. The van der Waals surface area contributed by atoms with Gasteiger partial charge in [-0.2, -0.15) is 0 Å². The molecule has 0 aliphatic carbocycles. The van der Waals surface area contributed by atoms with Crippen molar-refractivity contribution < 1.29 is 32.7 Å². The number of hydrogen-bond acceptors (Lipinski definition) is 8. The predicted octanol–water partition coefficient (Wildman–Crippen LogP) is 9.38. The quantitative estimate of drug-likeness (QED) is 0.0404. The Kier molecular flexibility index (Phi) is 32.2. The number of nitrogens with one attached hydrogen (secondary N) is 1. The van der Waals surface area contributed by atoms with E-state index in [4.69, 9.17) is 18.5 Å². The summed E-state index contributed by atoms with van der Waals surface area (Å²) in [6, 6.07) is 0. The minimum absolute atomic E-state index is 0.139. The summed E-state index contributed by atoms with van der Waals surface area (Å²) in [7, 11) is 0.578. The first kappa shape index (κ1) is 44.0. The molecule has 0 aromatic carbocycles. The number of hydrogen-bond donors (Lipinski definition) is 1. The fourth-order valence-electron chi connectivity index (χ4n) is 4.84. The maximum atomic E-state index is 13.3. The highest BCUT2D eigenvalue weighted by Crippen LogP contribution is 2.44. The topological polar surface area (TPSA) is 103 Å². The maximum Gasteiger partial charge on any atom is 0.405 e. The molecule has 0 heterocycles. The number of carbonyl (C=O) groups excluding carboxylic acids is 2. The molecule has 1 N–H and O–H groups in total. The molecule has 10 heteroatoms. The third kappa shape index (κ3) is 32.7. The fourth-order valence-corrected chi connectivity index (χ4v) is 6.27. The highest BCUT2D eigenvalue weighted by molar-refractivity contribution is 7.51. The standard InChI is InChI=1S/C35H71N2O7P/c1-5-7-9-11-13-15-21-30-41-34(38)26-19-17-23-32-43-45(40,36-28-25-29-37(3)4)44-33-24-18-20-27-35(39)42-31-22-16-14-12-10-8-6-2/h5-33H2,1-4H3,(H,36,40). The molecule has 0 radical (unpaired) electrons. The first-order chi connectivity index (χ1) is 21.8. The molecule has 0 aromatic heterocycles. The lowest BCUT2D eigenvalue weighted by atomic mass is 10.1. The number of rotatable bonds is 35. The van der Waals surface area contributed by atoms with Crippen LogP contribution in [0, 0.1) is 0 Å². The zero-order valence-electron chi connectivity index (χ0n) is 29.8. The Morgan fingerprint density at radius 3 is 1.33 bits per heavy atom. The molecule has 9 nitrogen and oxygen atoms in total. The Morgan fingerprint density at radius 2 is 0.911 bits per heavy atom. The predicted molar refractivity (Wildman–Crippen MR) is 186 cm³/mol. The highest BCUT2D eigenvalue weighted by Gasteiger charge is 2.23. The number of ether oxygens (including phenoxy) is 2. The van der Waals surface area contributed by atoms with Gasteiger partial charge in [0.2, 0.25) is 0 Å². The molecule has 0 spiro atoms. The number of carbonyl (C=O) groups is 2. The number of unbranched alkanes of at least 4 members (excludes halogenated alkanes) is 16. The average molecular weight is 663 g/mol. The lowest BCUT2D eigenvalue weighted by molar-refractivity contribution is -0.144. The van der Waals surface area contributed by atoms with E-state index in [1.807, 2.05) is 14.1 Å². The lowest BCUT2D eigenvalue weighted by Crippen LogP contribution is -2.21. The van der Waals surface area contributed by atoms with E-state index in [2.05, 4.69) is 23.8 Å². The third-order valence-corrected chi connectivity index (χ3v) is 9.34. The molecule has 0 saturated heterocycles. The van der Waals surface area contributed by atoms with Gasteiger partial charge < -0.3 is 14.4 Å². The van der Waals surface area contributed by atoms with Crippen LogP contribution >= 0.6 is 7.75 Å². The van der Waals surface area contributed by atoms with Crippen LogP contribution in [0.4, 0.5) is 0 Å². The Bertz CT molecular complexity index is 676. The van der Waals surface area contributed by atoms with Crippen molar-refractivity contribution in [3.63, 3.8) is 0 Å². The van der Waals surface area contributed by atoms with Crippen molar-refractivity contribution in [1.82, 2.24) is 9.99 Å². The SMILES string of the molecule is CCCCCCCCCOC(=O)CCCCCOP(=O)(NCCCN(C)C)OCCCCCC(=O)OCCCCCCCCC. The second kappa shape index (κ2) is 32.9. The van der Waals surface area contributed by atoms with Gasteiger partial charge in [-0.25, -0.2) is 9.65 Å². The van der Waals surface area contributed by atoms with Gasteiger partial charge in [0.25, 0.3) is 0 Å². The van der Waals surface area contributed by atoms with Crippen molar-refractivity contribution in [3.05, 3.63) is 0 Å². The first-order valence-electron chi connectivity index (χ1n) is 18.4. The molecule has 0 aliphatic heterocycles. The van der Waals surface area contributed by atoms with Crippen LogP contribution < -0.4 is 5.09 Å². The van der Waals surface area contributed by atoms with Gasteiger partial charge in [-0.3, -0.25) is 18.6 Å². The van der Waals surface area contributed by atoms with Crippen molar-refractivity contribution in [2.75, 3.05) is 53.6 Å². The second-order valence-electron chi connectivity index (χ2n) is 12.5. The molecule has 0 atom stereocenters. The van der Waals surface area contributed by atoms with E-state index < -0.39 is 7.75 Å². The van der Waals surface area contributed by atoms with Crippen LogP contribution in [0.15, 0.2) is 0 Å². The van der Waals surface area contributed by atoms with Gasteiger partial charge in [0.1, 0.15) is 0 Å². The summed E-state index contributed by atoms with van der Waals surface area (Å²) >= 11 is 0. The molecular formula is C35H71N2O7P. The van der Waals surface area contributed by atoms with E-state index >= 15 is 0 Å². The molecule has 0 bridgehead atoms. The van der Waals surface area contributed by atoms with Gasteiger partial charge in [-0.1, -0.05) is 104 Å². The van der Waals surface area contributed by atoms with Gasteiger partial charge in [0, 0.05) is 19.4 Å². The average Bonchev–Trinajstić information content (AvgIpc) is 3.01. The molecular weight excluding hydrogens is 591 g/mol. The Hall–Kier alpha value is -0.990. The van der Waals surface area contributed by atoms with Crippen LogP contribution in [0.2, 0.25) is 0 Å². The van der Waals surface area contributed by atoms with Crippen molar-refractivity contribution in [3.8, 4) is 0 Å².